The molecule has 0 saturated carbocycles. The van der Waals surface area contributed by atoms with Crippen molar-refractivity contribution in [3.63, 3.8) is 0 Å². The first kappa shape index (κ1) is 26.8. The van der Waals surface area contributed by atoms with Gasteiger partial charge in [0.2, 0.25) is 0 Å². The molecule has 2 aromatic rings. The van der Waals surface area contributed by atoms with Gasteiger partial charge in [-0.25, -0.2) is 9.78 Å². The highest BCUT2D eigenvalue weighted by molar-refractivity contribution is 7.18. The largest absolute Gasteiger partial charge is 0.496 e. The van der Waals surface area contributed by atoms with Crippen LogP contribution in [0.15, 0.2) is 17.6 Å². The van der Waals surface area contributed by atoms with Gasteiger partial charge in [-0.2, -0.15) is 0 Å². The summed E-state index contributed by atoms with van der Waals surface area (Å²) in [6.07, 6.45) is 0.285. The molecule has 7 nitrogen and oxygen atoms in total. The lowest BCUT2D eigenvalue weighted by Gasteiger charge is -2.33. The Morgan fingerprint density at radius 1 is 1.15 bits per heavy atom. The highest BCUT2D eigenvalue weighted by Gasteiger charge is 2.52. The minimum absolute atomic E-state index is 0.285. The Bertz CT molecular complexity index is 1010. The molecule has 1 amide bonds. The van der Waals surface area contributed by atoms with Gasteiger partial charge in [0, 0.05) is 5.46 Å². The zero-order valence-corrected chi connectivity index (χ0v) is 23.0. The van der Waals surface area contributed by atoms with E-state index >= 15 is 0 Å². The summed E-state index contributed by atoms with van der Waals surface area (Å²) < 4.78 is 25.3. The molecule has 1 unspecified atom stereocenters. The highest BCUT2D eigenvalue weighted by atomic mass is 32.1. The summed E-state index contributed by atoms with van der Waals surface area (Å²) in [6.45, 7) is 20.2. The summed E-state index contributed by atoms with van der Waals surface area (Å²) >= 11 is 1.54. The second-order valence-electron chi connectivity index (χ2n) is 11.8. The molecule has 1 aromatic carbocycles. The van der Waals surface area contributed by atoms with E-state index in [1.807, 2.05) is 67.5 Å². The second kappa shape index (κ2) is 9.32. The molecule has 0 bridgehead atoms. The van der Waals surface area contributed by atoms with Crippen molar-refractivity contribution in [3.05, 3.63) is 17.6 Å². The SMILES string of the molecule is CC(C)CC(C)(COc1ccc(B2OC(C)(C)C(C)(C)O2)c2scnc12)NC(=O)OC(C)(C)C. The van der Waals surface area contributed by atoms with Crippen LogP contribution in [-0.2, 0) is 14.0 Å². The van der Waals surface area contributed by atoms with E-state index in [2.05, 4.69) is 24.1 Å². The first-order valence-electron chi connectivity index (χ1n) is 11.9. The molecule has 1 aliphatic rings. The molecular weight excluding hydrogens is 451 g/mol. The predicted octanol–water partition coefficient (Wildman–Crippen LogP) is 5.30. The average molecular weight is 490 g/mol. The topological polar surface area (TPSA) is 78.9 Å². The predicted molar refractivity (Wildman–Crippen MR) is 138 cm³/mol. The monoisotopic (exact) mass is 490 g/mol. The van der Waals surface area contributed by atoms with Crippen LogP contribution in [0.3, 0.4) is 0 Å². The number of nitrogens with zero attached hydrogens (tertiary/aromatic N) is 1. The van der Waals surface area contributed by atoms with Crippen LogP contribution in [0.4, 0.5) is 4.79 Å². The molecule has 0 aliphatic carbocycles. The van der Waals surface area contributed by atoms with Crippen LogP contribution in [-0.4, -0.2) is 47.1 Å². The number of rotatable bonds is 7. The molecule has 9 heteroatoms. The van der Waals surface area contributed by atoms with Crippen molar-refractivity contribution < 1.29 is 23.6 Å². The Balaban J connectivity index is 1.81. The number of carbonyl (C=O) groups excluding carboxylic acids is 1. The van der Waals surface area contributed by atoms with E-state index in [0.29, 0.717) is 11.7 Å². The van der Waals surface area contributed by atoms with Gasteiger partial charge in [0.1, 0.15) is 23.5 Å². The minimum Gasteiger partial charge on any atom is -0.489 e. The van der Waals surface area contributed by atoms with Crippen LogP contribution < -0.4 is 15.5 Å². The van der Waals surface area contributed by atoms with Gasteiger partial charge in [0.15, 0.2) is 0 Å². The molecule has 1 fully saturated rings. The number of fused-ring (bicyclic) bond motifs is 1. The molecular formula is C25H39BN2O5S. The van der Waals surface area contributed by atoms with E-state index in [4.69, 9.17) is 18.8 Å². The summed E-state index contributed by atoms with van der Waals surface area (Å²) in [4.78, 5) is 17.1. The fourth-order valence-corrected chi connectivity index (χ4v) is 4.88. The van der Waals surface area contributed by atoms with Gasteiger partial charge in [0.05, 0.1) is 27.0 Å². The van der Waals surface area contributed by atoms with Crippen molar-refractivity contribution in [3.8, 4) is 5.75 Å². The zero-order valence-electron chi connectivity index (χ0n) is 22.2. The fraction of sp³-hybridized carbons (Fsp3) is 0.680. The maximum atomic E-state index is 12.5. The van der Waals surface area contributed by atoms with Gasteiger partial charge in [-0.3, -0.25) is 0 Å². The van der Waals surface area contributed by atoms with Crippen molar-refractivity contribution in [2.24, 2.45) is 5.92 Å². The minimum atomic E-state index is -0.608. The number of benzene rings is 1. The molecule has 1 N–H and O–H groups in total. The fourth-order valence-electron chi connectivity index (χ4n) is 4.05. The van der Waals surface area contributed by atoms with Gasteiger partial charge < -0.3 is 24.1 Å². The Morgan fingerprint density at radius 2 is 1.76 bits per heavy atom. The number of hydrogen-bond donors (Lipinski definition) is 1. The Kier molecular flexibility index (Phi) is 7.34. The third-order valence-electron chi connectivity index (χ3n) is 6.19. The number of carbonyl (C=O) groups is 1. The van der Waals surface area contributed by atoms with Gasteiger partial charge in [-0.15, -0.1) is 11.3 Å². The maximum Gasteiger partial charge on any atom is 0.496 e. The molecule has 2 heterocycles. The van der Waals surface area contributed by atoms with E-state index in [9.17, 15) is 4.79 Å². The molecule has 0 spiro atoms. The molecule has 34 heavy (non-hydrogen) atoms. The Morgan fingerprint density at radius 3 is 2.32 bits per heavy atom. The second-order valence-corrected chi connectivity index (χ2v) is 12.7. The first-order valence-corrected chi connectivity index (χ1v) is 12.8. The molecule has 1 aromatic heterocycles. The lowest BCUT2D eigenvalue weighted by molar-refractivity contribution is 0.00578. The number of ether oxygens (including phenoxy) is 2. The van der Waals surface area contributed by atoms with Crippen molar-refractivity contribution in [1.82, 2.24) is 10.3 Å². The third-order valence-corrected chi connectivity index (χ3v) is 7.07. The summed E-state index contributed by atoms with van der Waals surface area (Å²) in [5, 5.41) is 3.02. The van der Waals surface area contributed by atoms with Crippen LogP contribution >= 0.6 is 11.3 Å². The Hall–Kier alpha value is -1.84. The van der Waals surface area contributed by atoms with Crippen LogP contribution in [0.2, 0.25) is 0 Å². The molecule has 188 valence electrons. The van der Waals surface area contributed by atoms with E-state index < -0.39 is 35.6 Å². The number of amides is 1. The number of nitrogens with one attached hydrogen (secondary N) is 1. The van der Waals surface area contributed by atoms with Crippen molar-refractivity contribution in [2.75, 3.05) is 6.61 Å². The van der Waals surface area contributed by atoms with Gasteiger partial charge in [0.25, 0.3) is 0 Å². The van der Waals surface area contributed by atoms with Crippen molar-refractivity contribution in [1.29, 1.82) is 0 Å². The third kappa shape index (κ3) is 6.04. The van der Waals surface area contributed by atoms with Crippen LogP contribution in [0, 0.1) is 5.92 Å². The van der Waals surface area contributed by atoms with Gasteiger partial charge in [-0.1, -0.05) is 19.9 Å². The highest BCUT2D eigenvalue weighted by Crippen LogP contribution is 2.38. The molecule has 3 rings (SSSR count). The maximum absolute atomic E-state index is 12.5. The normalized spacial score (nSPS) is 19.3. The summed E-state index contributed by atoms with van der Waals surface area (Å²) in [5.41, 5.74) is 1.49. The number of hydrogen-bond acceptors (Lipinski definition) is 7. The molecule has 1 saturated heterocycles. The van der Waals surface area contributed by atoms with Gasteiger partial charge >= 0.3 is 13.2 Å². The molecule has 0 radical (unpaired) electrons. The van der Waals surface area contributed by atoms with Crippen LogP contribution in [0.5, 0.6) is 5.75 Å². The first-order chi connectivity index (χ1) is 15.5. The van der Waals surface area contributed by atoms with E-state index in [0.717, 1.165) is 22.1 Å². The van der Waals surface area contributed by atoms with E-state index in [-0.39, 0.29) is 6.61 Å². The average Bonchev–Trinajstić information content (AvgIpc) is 3.19. The number of aromatic nitrogens is 1. The smallest absolute Gasteiger partial charge is 0.489 e. The van der Waals surface area contributed by atoms with Gasteiger partial charge in [-0.05, 0) is 73.8 Å². The van der Waals surface area contributed by atoms with Crippen LogP contribution in [0.25, 0.3) is 10.2 Å². The molecule has 1 atom stereocenters. The standard InChI is InChI=1S/C25H39BN2O5S/c1-16(2)13-25(10,28-21(29)31-22(3,4)5)14-30-18-12-11-17(20-19(18)27-15-34-20)26-32-23(6,7)24(8,9)33-26/h11-12,15-16H,13-14H2,1-10H3,(H,28,29). The summed E-state index contributed by atoms with van der Waals surface area (Å²) in [5.74, 6) is 1.02. The van der Waals surface area contributed by atoms with Crippen molar-refractivity contribution >= 4 is 40.2 Å². The van der Waals surface area contributed by atoms with Crippen molar-refractivity contribution in [2.45, 2.75) is 98.0 Å². The lowest BCUT2D eigenvalue weighted by atomic mass is 9.79. The van der Waals surface area contributed by atoms with E-state index in [1.54, 1.807) is 5.51 Å². The van der Waals surface area contributed by atoms with Crippen LogP contribution in [0.1, 0.15) is 75.7 Å². The quantitative estimate of drug-likeness (QED) is 0.531. The summed E-state index contributed by atoms with van der Waals surface area (Å²) in [7, 11) is -0.470. The van der Waals surface area contributed by atoms with E-state index in [1.165, 1.54) is 11.3 Å². The number of thiazole rings is 1. The zero-order chi connectivity index (χ0) is 25.5. The molecule has 1 aliphatic heterocycles. The lowest BCUT2D eigenvalue weighted by Crippen LogP contribution is -2.52. The summed E-state index contributed by atoms with van der Waals surface area (Å²) in [6, 6.07) is 3.89. The Labute approximate surface area is 208 Å². The number of alkyl carbamates (subject to hydrolysis) is 1.